The molecule has 1 aliphatic heterocycles. The number of piperazine rings is 1. The standard InChI is InChI=1S/C20H27ClN4O2S/c1-5-23-8-10-24(11-9-23)18(26)14(4)28-20-22-17-12-15(21)6-7-16(17)19(27)25(20)13(2)3/h6-7,12-14H,5,8-11H2,1-4H3/p+1/t14-/m0/s1. The minimum absolute atomic E-state index is 0.0541. The normalized spacial score (nSPS) is 16.7. The maximum atomic E-state index is 13.0. The summed E-state index contributed by atoms with van der Waals surface area (Å²) in [6.45, 7) is 12.6. The Morgan fingerprint density at radius 3 is 2.57 bits per heavy atom. The molecule has 0 unspecified atom stereocenters. The molecule has 28 heavy (non-hydrogen) atoms. The number of nitrogens with zero attached hydrogens (tertiary/aromatic N) is 3. The van der Waals surface area contributed by atoms with Gasteiger partial charge in [0.05, 0.1) is 48.9 Å². The molecule has 1 aromatic heterocycles. The molecule has 0 spiro atoms. The van der Waals surface area contributed by atoms with E-state index in [0.717, 1.165) is 32.7 Å². The molecule has 1 N–H and O–H groups in total. The Hall–Kier alpha value is -1.57. The van der Waals surface area contributed by atoms with Crippen molar-refractivity contribution in [3.05, 3.63) is 33.6 Å². The van der Waals surface area contributed by atoms with Crippen LogP contribution in [0.3, 0.4) is 0 Å². The van der Waals surface area contributed by atoms with Crippen LogP contribution in [0.25, 0.3) is 10.9 Å². The van der Waals surface area contributed by atoms with Gasteiger partial charge in [0.1, 0.15) is 0 Å². The van der Waals surface area contributed by atoms with E-state index >= 15 is 0 Å². The van der Waals surface area contributed by atoms with E-state index in [-0.39, 0.29) is 22.8 Å². The highest BCUT2D eigenvalue weighted by atomic mass is 35.5. The van der Waals surface area contributed by atoms with Crippen LogP contribution in [0, 0.1) is 0 Å². The number of aromatic nitrogens is 2. The third kappa shape index (κ3) is 4.36. The summed E-state index contributed by atoms with van der Waals surface area (Å²) in [6.07, 6.45) is 0. The number of halogens is 1. The molecule has 2 heterocycles. The van der Waals surface area contributed by atoms with E-state index in [1.165, 1.54) is 16.7 Å². The van der Waals surface area contributed by atoms with Gasteiger partial charge in [-0.2, -0.15) is 0 Å². The average molecular weight is 424 g/mol. The molecule has 1 aromatic carbocycles. The number of rotatable bonds is 5. The lowest BCUT2D eigenvalue weighted by Gasteiger charge is -2.33. The van der Waals surface area contributed by atoms with Crippen molar-refractivity contribution in [1.29, 1.82) is 0 Å². The maximum Gasteiger partial charge on any atom is 0.262 e. The van der Waals surface area contributed by atoms with Gasteiger partial charge >= 0.3 is 0 Å². The fourth-order valence-corrected chi connectivity index (χ4v) is 4.84. The van der Waals surface area contributed by atoms with E-state index in [0.29, 0.717) is 21.1 Å². The van der Waals surface area contributed by atoms with Crippen molar-refractivity contribution in [1.82, 2.24) is 14.5 Å². The second kappa shape index (κ2) is 8.84. The summed E-state index contributed by atoms with van der Waals surface area (Å²) in [4.78, 5) is 34.1. The molecule has 1 amide bonds. The smallest absolute Gasteiger partial charge is 0.262 e. The minimum Gasteiger partial charge on any atom is -0.332 e. The Labute approximate surface area is 174 Å². The highest BCUT2D eigenvalue weighted by molar-refractivity contribution is 8.00. The van der Waals surface area contributed by atoms with Gasteiger partial charge in [0, 0.05) is 11.1 Å². The Balaban J connectivity index is 1.87. The Bertz CT molecular complexity index is 922. The number of benzene rings is 1. The quantitative estimate of drug-likeness (QED) is 0.589. The summed E-state index contributed by atoms with van der Waals surface area (Å²) in [6, 6.07) is 5.06. The van der Waals surface area contributed by atoms with Crippen molar-refractivity contribution in [2.45, 2.75) is 44.1 Å². The summed E-state index contributed by atoms with van der Waals surface area (Å²) in [5, 5.41) is 1.34. The second-order valence-electron chi connectivity index (χ2n) is 7.51. The summed E-state index contributed by atoms with van der Waals surface area (Å²) < 4.78 is 1.67. The van der Waals surface area contributed by atoms with Crippen molar-refractivity contribution in [3.8, 4) is 0 Å². The lowest BCUT2D eigenvalue weighted by molar-refractivity contribution is -0.902. The van der Waals surface area contributed by atoms with E-state index in [4.69, 9.17) is 11.6 Å². The number of thioether (sulfide) groups is 1. The Morgan fingerprint density at radius 2 is 1.96 bits per heavy atom. The molecular formula is C20H28ClN4O2S+. The van der Waals surface area contributed by atoms with Gasteiger partial charge in [0.25, 0.3) is 5.56 Å². The van der Waals surface area contributed by atoms with Crippen LogP contribution in [0.5, 0.6) is 0 Å². The van der Waals surface area contributed by atoms with Crippen molar-refractivity contribution in [3.63, 3.8) is 0 Å². The molecule has 3 rings (SSSR count). The number of carbonyl (C=O) groups excluding carboxylic acids is 1. The van der Waals surface area contributed by atoms with Crippen LogP contribution in [0.2, 0.25) is 5.02 Å². The molecule has 1 fully saturated rings. The number of likely N-dealkylation sites (N-methyl/N-ethyl adjacent to an activating group) is 1. The van der Waals surface area contributed by atoms with E-state index in [1.807, 2.05) is 25.7 Å². The lowest BCUT2D eigenvalue weighted by Crippen LogP contribution is -3.14. The van der Waals surface area contributed by atoms with E-state index < -0.39 is 0 Å². The van der Waals surface area contributed by atoms with Crippen molar-refractivity contribution in [2.24, 2.45) is 0 Å². The molecular weight excluding hydrogens is 396 g/mol. The number of fused-ring (bicyclic) bond motifs is 1. The van der Waals surface area contributed by atoms with Crippen LogP contribution in [-0.2, 0) is 4.79 Å². The summed E-state index contributed by atoms with van der Waals surface area (Å²) in [5.41, 5.74) is 0.468. The SMILES string of the molecule is CC[NH+]1CCN(C(=O)[C@H](C)Sc2nc3cc(Cl)ccc3c(=O)n2C(C)C)CC1. The molecule has 1 atom stereocenters. The summed E-state index contributed by atoms with van der Waals surface area (Å²) in [5.74, 6) is 0.107. The molecule has 6 nitrogen and oxygen atoms in total. The second-order valence-corrected chi connectivity index (χ2v) is 9.26. The van der Waals surface area contributed by atoms with Crippen molar-refractivity contribution >= 4 is 40.2 Å². The predicted octanol–water partition coefficient (Wildman–Crippen LogP) is 1.86. The summed E-state index contributed by atoms with van der Waals surface area (Å²) in [7, 11) is 0. The Kier molecular flexibility index (Phi) is 6.68. The zero-order valence-corrected chi connectivity index (χ0v) is 18.4. The molecule has 8 heteroatoms. The lowest BCUT2D eigenvalue weighted by atomic mass is 10.2. The fraction of sp³-hybridized carbons (Fsp3) is 0.550. The average Bonchev–Trinajstić information content (AvgIpc) is 2.66. The number of nitrogens with one attached hydrogen (secondary N) is 1. The van der Waals surface area contributed by atoms with Crippen LogP contribution in [0.4, 0.5) is 0 Å². The first kappa shape index (κ1) is 21.1. The minimum atomic E-state index is -0.309. The molecule has 0 radical (unpaired) electrons. The zero-order valence-electron chi connectivity index (χ0n) is 16.9. The first-order valence-corrected chi connectivity index (χ1v) is 11.1. The van der Waals surface area contributed by atoms with E-state index in [1.54, 1.807) is 22.8 Å². The molecule has 0 saturated carbocycles. The first-order valence-electron chi connectivity index (χ1n) is 9.82. The van der Waals surface area contributed by atoms with Crippen LogP contribution >= 0.6 is 23.4 Å². The maximum absolute atomic E-state index is 13.0. The third-order valence-corrected chi connectivity index (χ3v) is 6.55. The molecule has 2 aromatic rings. The van der Waals surface area contributed by atoms with Gasteiger partial charge in [0.15, 0.2) is 5.16 Å². The number of carbonyl (C=O) groups is 1. The zero-order chi connectivity index (χ0) is 20.4. The molecule has 1 saturated heterocycles. The largest absolute Gasteiger partial charge is 0.332 e. The van der Waals surface area contributed by atoms with Gasteiger partial charge in [-0.05, 0) is 45.9 Å². The summed E-state index contributed by atoms with van der Waals surface area (Å²) >= 11 is 7.44. The predicted molar refractivity (Wildman–Crippen MR) is 115 cm³/mol. The highest BCUT2D eigenvalue weighted by Crippen LogP contribution is 2.26. The number of hydrogen-bond acceptors (Lipinski definition) is 4. The molecule has 0 bridgehead atoms. The van der Waals surface area contributed by atoms with Crippen LogP contribution < -0.4 is 10.5 Å². The van der Waals surface area contributed by atoms with Crippen LogP contribution in [-0.4, -0.2) is 58.3 Å². The van der Waals surface area contributed by atoms with Crippen LogP contribution in [0.15, 0.2) is 28.2 Å². The molecule has 1 aliphatic rings. The fourth-order valence-electron chi connectivity index (χ4n) is 3.55. The van der Waals surface area contributed by atoms with Gasteiger partial charge in [-0.15, -0.1) is 0 Å². The third-order valence-electron chi connectivity index (χ3n) is 5.26. The monoisotopic (exact) mass is 423 g/mol. The van der Waals surface area contributed by atoms with Crippen LogP contribution in [0.1, 0.15) is 33.7 Å². The highest BCUT2D eigenvalue weighted by Gasteiger charge is 2.28. The first-order chi connectivity index (χ1) is 13.3. The van der Waals surface area contributed by atoms with Crippen molar-refractivity contribution < 1.29 is 9.69 Å². The molecule has 152 valence electrons. The van der Waals surface area contributed by atoms with Gasteiger partial charge in [-0.1, -0.05) is 23.4 Å². The number of quaternary nitrogens is 1. The van der Waals surface area contributed by atoms with E-state index in [9.17, 15) is 9.59 Å². The number of hydrogen-bond donors (Lipinski definition) is 1. The van der Waals surface area contributed by atoms with Crippen molar-refractivity contribution in [2.75, 3.05) is 32.7 Å². The van der Waals surface area contributed by atoms with Gasteiger partial charge < -0.3 is 9.80 Å². The Morgan fingerprint density at radius 1 is 1.29 bits per heavy atom. The van der Waals surface area contributed by atoms with E-state index in [2.05, 4.69) is 11.9 Å². The topological polar surface area (TPSA) is 59.6 Å². The van der Waals surface area contributed by atoms with Gasteiger partial charge in [-0.25, -0.2) is 4.98 Å². The van der Waals surface area contributed by atoms with Gasteiger partial charge in [0.2, 0.25) is 5.91 Å². The number of amides is 1. The molecule has 0 aliphatic carbocycles. The van der Waals surface area contributed by atoms with Gasteiger partial charge in [-0.3, -0.25) is 14.2 Å².